The molecule has 19 heavy (non-hydrogen) atoms. The van der Waals surface area contributed by atoms with Crippen LogP contribution in [0.15, 0.2) is 18.2 Å². The molecule has 0 aliphatic rings. The number of halogens is 2. The van der Waals surface area contributed by atoms with Gasteiger partial charge in [-0.05, 0) is 37.5 Å². The maximum absolute atomic E-state index is 11.8. The number of nitrogens with one attached hydrogen (secondary N) is 1. The van der Waals surface area contributed by atoms with Crippen LogP contribution in [0.25, 0.3) is 0 Å². The lowest BCUT2D eigenvalue weighted by Crippen LogP contribution is -2.45. The zero-order chi connectivity index (χ0) is 14.4. The second kappa shape index (κ2) is 7.73. The van der Waals surface area contributed by atoms with E-state index in [0.29, 0.717) is 22.9 Å². The summed E-state index contributed by atoms with van der Waals surface area (Å²) >= 11 is 11.9. The molecule has 0 saturated heterocycles. The van der Waals surface area contributed by atoms with Gasteiger partial charge < -0.3 is 11.1 Å². The van der Waals surface area contributed by atoms with Crippen LogP contribution < -0.4 is 11.1 Å². The van der Waals surface area contributed by atoms with Crippen molar-refractivity contribution in [1.29, 1.82) is 0 Å². The second-order valence-electron chi connectivity index (χ2n) is 4.74. The first-order valence-electron chi connectivity index (χ1n) is 6.44. The van der Waals surface area contributed by atoms with E-state index in [0.717, 1.165) is 12.0 Å². The van der Waals surface area contributed by atoms with E-state index in [4.69, 9.17) is 28.9 Å². The minimum Gasteiger partial charge on any atom is -0.352 e. The number of nitrogens with two attached hydrogens (primary N) is 1. The van der Waals surface area contributed by atoms with Crippen LogP contribution in [0.2, 0.25) is 10.0 Å². The van der Waals surface area contributed by atoms with Gasteiger partial charge in [-0.2, -0.15) is 0 Å². The Bertz CT molecular complexity index is 437. The molecule has 106 valence electrons. The molecule has 0 aliphatic carbocycles. The van der Waals surface area contributed by atoms with Crippen molar-refractivity contribution in [3.63, 3.8) is 0 Å². The Morgan fingerprint density at radius 1 is 1.42 bits per heavy atom. The average molecular weight is 303 g/mol. The lowest BCUT2D eigenvalue weighted by molar-refractivity contribution is -0.123. The molecular weight excluding hydrogens is 283 g/mol. The summed E-state index contributed by atoms with van der Waals surface area (Å²) in [4.78, 5) is 11.8. The molecule has 0 aliphatic heterocycles. The van der Waals surface area contributed by atoms with E-state index in [1.165, 1.54) is 0 Å². The summed E-state index contributed by atoms with van der Waals surface area (Å²) in [5.74, 6) is -0.112. The maximum Gasteiger partial charge on any atom is 0.237 e. The van der Waals surface area contributed by atoms with Gasteiger partial charge in [-0.3, -0.25) is 4.79 Å². The molecule has 1 amide bonds. The van der Waals surface area contributed by atoms with Crippen molar-refractivity contribution in [3.8, 4) is 0 Å². The predicted octanol–water partition coefficient (Wildman–Crippen LogP) is 3.17. The molecule has 3 nitrogen and oxygen atoms in total. The van der Waals surface area contributed by atoms with Gasteiger partial charge in [0.1, 0.15) is 0 Å². The summed E-state index contributed by atoms with van der Waals surface area (Å²) in [6.45, 7) is 3.94. The Kier molecular flexibility index (Phi) is 6.63. The number of hydrogen-bond donors (Lipinski definition) is 2. The normalized spacial score (nSPS) is 13.9. The average Bonchev–Trinajstić information content (AvgIpc) is 2.33. The molecular formula is C14H20Cl2N2O. The number of carbonyl (C=O) groups excluding carboxylic acids is 1. The van der Waals surface area contributed by atoms with E-state index in [1.807, 2.05) is 19.9 Å². The Balaban J connectivity index is 2.55. The summed E-state index contributed by atoms with van der Waals surface area (Å²) in [5, 5.41) is 4.12. The highest BCUT2D eigenvalue weighted by atomic mass is 35.5. The monoisotopic (exact) mass is 302 g/mol. The van der Waals surface area contributed by atoms with E-state index >= 15 is 0 Å². The topological polar surface area (TPSA) is 55.1 Å². The fourth-order valence-corrected chi connectivity index (χ4v) is 2.35. The number of amides is 1. The molecule has 1 aromatic rings. The third kappa shape index (κ3) is 5.39. The third-order valence-electron chi connectivity index (χ3n) is 2.87. The van der Waals surface area contributed by atoms with E-state index in [2.05, 4.69) is 5.32 Å². The minimum absolute atomic E-state index is 0.0194. The molecule has 0 fully saturated rings. The molecule has 1 aromatic carbocycles. The molecule has 2 unspecified atom stereocenters. The SMILES string of the molecule is CCCC(N)C(=O)NC(C)Cc1ccc(Cl)cc1Cl. The minimum atomic E-state index is -0.437. The van der Waals surface area contributed by atoms with Crippen LogP contribution in [-0.4, -0.2) is 18.0 Å². The number of carbonyl (C=O) groups is 1. The zero-order valence-electron chi connectivity index (χ0n) is 11.2. The van der Waals surface area contributed by atoms with Gasteiger partial charge in [0.15, 0.2) is 0 Å². The van der Waals surface area contributed by atoms with E-state index in [-0.39, 0.29) is 11.9 Å². The highest BCUT2D eigenvalue weighted by Crippen LogP contribution is 2.22. The molecule has 0 spiro atoms. The van der Waals surface area contributed by atoms with E-state index in [9.17, 15) is 4.79 Å². The lowest BCUT2D eigenvalue weighted by Gasteiger charge is -2.18. The van der Waals surface area contributed by atoms with Crippen LogP contribution >= 0.6 is 23.2 Å². The molecule has 0 bridgehead atoms. The molecule has 0 heterocycles. The Labute approximate surface area is 124 Å². The molecule has 0 radical (unpaired) electrons. The van der Waals surface area contributed by atoms with E-state index in [1.54, 1.807) is 12.1 Å². The van der Waals surface area contributed by atoms with E-state index < -0.39 is 6.04 Å². The summed E-state index contributed by atoms with van der Waals surface area (Å²) in [5.41, 5.74) is 6.72. The van der Waals surface area contributed by atoms with Crippen molar-refractivity contribution >= 4 is 29.1 Å². The van der Waals surface area contributed by atoms with Gasteiger partial charge in [-0.1, -0.05) is 42.6 Å². The van der Waals surface area contributed by atoms with Crippen LogP contribution in [0, 0.1) is 0 Å². The van der Waals surface area contributed by atoms with Crippen LogP contribution in [-0.2, 0) is 11.2 Å². The fraction of sp³-hybridized carbons (Fsp3) is 0.500. The zero-order valence-corrected chi connectivity index (χ0v) is 12.8. The second-order valence-corrected chi connectivity index (χ2v) is 5.59. The van der Waals surface area contributed by atoms with Crippen LogP contribution in [0.1, 0.15) is 32.3 Å². The highest BCUT2D eigenvalue weighted by Gasteiger charge is 2.15. The van der Waals surface area contributed by atoms with Gasteiger partial charge in [-0.25, -0.2) is 0 Å². The van der Waals surface area contributed by atoms with Crippen molar-refractivity contribution < 1.29 is 4.79 Å². The largest absolute Gasteiger partial charge is 0.352 e. The summed E-state index contributed by atoms with van der Waals surface area (Å²) in [6, 6.07) is 4.91. The van der Waals surface area contributed by atoms with Crippen molar-refractivity contribution in [2.45, 2.75) is 45.2 Å². The summed E-state index contributed by atoms with van der Waals surface area (Å²) in [6.07, 6.45) is 2.24. The fourth-order valence-electron chi connectivity index (χ4n) is 1.86. The smallest absolute Gasteiger partial charge is 0.237 e. The van der Waals surface area contributed by atoms with Gasteiger partial charge in [0, 0.05) is 16.1 Å². The maximum atomic E-state index is 11.8. The van der Waals surface area contributed by atoms with Gasteiger partial charge in [0.05, 0.1) is 6.04 Å². The van der Waals surface area contributed by atoms with Gasteiger partial charge in [-0.15, -0.1) is 0 Å². The quantitative estimate of drug-likeness (QED) is 0.848. The predicted molar refractivity (Wildman–Crippen MR) is 80.7 cm³/mol. The third-order valence-corrected chi connectivity index (χ3v) is 3.45. The molecule has 0 aromatic heterocycles. The van der Waals surface area contributed by atoms with Crippen LogP contribution in [0.4, 0.5) is 0 Å². The number of hydrogen-bond acceptors (Lipinski definition) is 2. The van der Waals surface area contributed by atoms with Crippen molar-refractivity contribution in [3.05, 3.63) is 33.8 Å². The highest BCUT2D eigenvalue weighted by molar-refractivity contribution is 6.35. The van der Waals surface area contributed by atoms with Crippen molar-refractivity contribution in [2.24, 2.45) is 5.73 Å². The first-order chi connectivity index (χ1) is 8.93. The Morgan fingerprint density at radius 2 is 2.11 bits per heavy atom. The number of rotatable bonds is 6. The molecule has 5 heteroatoms. The Hall–Kier alpha value is -0.770. The van der Waals surface area contributed by atoms with Crippen LogP contribution in [0.5, 0.6) is 0 Å². The van der Waals surface area contributed by atoms with Gasteiger partial charge in [0.25, 0.3) is 0 Å². The molecule has 2 atom stereocenters. The standard InChI is InChI=1S/C14H20Cl2N2O/c1-3-4-13(17)14(19)18-9(2)7-10-5-6-11(15)8-12(10)16/h5-6,8-9,13H,3-4,7,17H2,1-2H3,(H,18,19). The number of benzene rings is 1. The first-order valence-corrected chi connectivity index (χ1v) is 7.19. The summed E-state index contributed by atoms with van der Waals surface area (Å²) < 4.78 is 0. The molecule has 3 N–H and O–H groups in total. The Morgan fingerprint density at radius 3 is 2.68 bits per heavy atom. The molecule has 1 rings (SSSR count). The van der Waals surface area contributed by atoms with Gasteiger partial charge in [0.2, 0.25) is 5.91 Å². The van der Waals surface area contributed by atoms with Crippen molar-refractivity contribution in [1.82, 2.24) is 5.32 Å². The molecule has 0 saturated carbocycles. The van der Waals surface area contributed by atoms with Crippen LogP contribution in [0.3, 0.4) is 0 Å². The van der Waals surface area contributed by atoms with Crippen molar-refractivity contribution in [2.75, 3.05) is 0 Å². The van der Waals surface area contributed by atoms with Gasteiger partial charge >= 0.3 is 0 Å². The lowest BCUT2D eigenvalue weighted by atomic mass is 10.1. The first kappa shape index (κ1) is 16.3. The summed E-state index contributed by atoms with van der Waals surface area (Å²) in [7, 11) is 0.